The van der Waals surface area contributed by atoms with Crippen LogP contribution in [0, 0.1) is 5.82 Å². The van der Waals surface area contributed by atoms with E-state index in [0.29, 0.717) is 17.0 Å². The monoisotopic (exact) mass is 342 g/mol. The molecule has 0 aliphatic heterocycles. The molecule has 19 heavy (non-hydrogen) atoms. The predicted octanol–water partition coefficient (Wildman–Crippen LogP) is 4.14. The van der Waals surface area contributed by atoms with Gasteiger partial charge in [0.05, 0.1) is 5.02 Å². The van der Waals surface area contributed by atoms with Crippen molar-refractivity contribution >= 4 is 27.5 Å². The van der Waals surface area contributed by atoms with Gasteiger partial charge in [0.2, 0.25) is 0 Å². The molecule has 0 saturated carbocycles. The van der Waals surface area contributed by atoms with Crippen molar-refractivity contribution in [2.45, 2.75) is 12.5 Å². The molecule has 0 aliphatic rings. The molecule has 5 heteroatoms. The number of benzene rings is 1. The minimum atomic E-state index is -0.237. The van der Waals surface area contributed by atoms with Gasteiger partial charge in [-0.15, -0.1) is 0 Å². The van der Waals surface area contributed by atoms with Crippen LogP contribution in [0.25, 0.3) is 0 Å². The molecule has 0 fully saturated rings. The molecule has 0 radical (unpaired) electrons. The molecule has 1 atom stereocenters. The molecule has 0 saturated heterocycles. The van der Waals surface area contributed by atoms with Crippen LogP contribution in [0.1, 0.15) is 17.2 Å². The minimum absolute atomic E-state index is 0.157. The number of hydrogen-bond acceptors (Lipinski definition) is 2. The number of likely N-dealkylation sites (N-methyl/N-ethyl adjacent to an activating group) is 1. The molecular weight excluding hydrogens is 331 g/mol. The van der Waals surface area contributed by atoms with E-state index in [2.05, 4.69) is 26.2 Å². The summed E-state index contributed by atoms with van der Waals surface area (Å²) in [5, 5.41) is 3.72. The second kappa shape index (κ2) is 6.46. The third kappa shape index (κ3) is 3.32. The Balaban J connectivity index is 2.34. The molecule has 2 nitrogen and oxygen atoms in total. The number of nitrogens with zero attached hydrogens (tertiary/aromatic N) is 1. The van der Waals surface area contributed by atoms with Gasteiger partial charge >= 0.3 is 0 Å². The van der Waals surface area contributed by atoms with Gasteiger partial charge in [0.15, 0.2) is 0 Å². The highest BCUT2D eigenvalue weighted by atomic mass is 79.9. The number of hydrogen-bond donors (Lipinski definition) is 1. The molecule has 0 bridgehead atoms. The fourth-order valence-electron chi connectivity index (χ4n) is 1.98. The van der Waals surface area contributed by atoms with E-state index in [9.17, 15) is 4.39 Å². The molecule has 1 aromatic heterocycles. The largest absolute Gasteiger partial charge is 0.313 e. The lowest BCUT2D eigenvalue weighted by atomic mass is 9.99. The van der Waals surface area contributed by atoms with Crippen LogP contribution < -0.4 is 5.32 Å². The molecule has 1 aromatic carbocycles. The van der Waals surface area contributed by atoms with Gasteiger partial charge in [-0.1, -0.05) is 33.6 Å². The Kier molecular flexibility index (Phi) is 4.91. The van der Waals surface area contributed by atoms with Crippen LogP contribution >= 0.6 is 27.5 Å². The van der Waals surface area contributed by atoms with Crippen molar-refractivity contribution in [3.8, 4) is 0 Å². The molecule has 0 aliphatic carbocycles. The normalized spacial score (nSPS) is 12.4. The Morgan fingerprint density at radius 2 is 2.21 bits per heavy atom. The average Bonchev–Trinajstić information content (AvgIpc) is 2.39. The van der Waals surface area contributed by atoms with Crippen molar-refractivity contribution < 1.29 is 4.39 Å². The zero-order valence-electron chi connectivity index (χ0n) is 10.3. The van der Waals surface area contributed by atoms with Crippen LogP contribution in [-0.2, 0) is 6.42 Å². The van der Waals surface area contributed by atoms with E-state index in [4.69, 9.17) is 11.6 Å². The Bertz CT molecular complexity index is 557. The lowest BCUT2D eigenvalue weighted by molar-refractivity contribution is 0.531. The lowest BCUT2D eigenvalue weighted by Crippen LogP contribution is -2.20. The van der Waals surface area contributed by atoms with Gasteiger partial charge in [-0.2, -0.15) is 0 Å². The van der Waals surface area contributed by atoms with Crippen molar-refractivity contribution in [3.63, 3.8) is 0 Å². The fraction of sp³-hybridized carbons (Fsp3) is 0.214. The molecule has 1 unspecified atom stereocenters. The Labute approximate surface area is 125 Å². The standard InChI is InChI=1S/C14H13BrClFN2/c1-18-13(7-9-5-6-19-8-11(9)16)14-10(15)3-2-4-12(14)17/h2-6,8,13,18H,7H2,1H3. The van der Waals surface area contributed by atoms with Crippen LogP contribution in [0.4, 0.5) is 4.39 Å². The van der Waals surface area contributed by atoms with E-state index in [0.717, 1.165) is 10.0 Å². The molecule has 1 N–H and O–H groups in total. The molecule has 1 heterocycles. The molecular formula is C14H13BrClFN2. The van der Waals surface area contributed by atoms with E-state index < -0.39 is 0 Å². The van der Waals surface area contributed by atoms with Crippen molar-refractivity contribution in [3.05, 3.63) is 63.1 Å². The fourth-order valence-corrected chi connectivity index (χ4v) is 2.80. The second-order valence-corrected chi connectivity index (χ2v) is 5.41. The molecule has 2 aromatic rings. The van der Waals surface area contributed by atoms with Crippen molar-refractivity contribution in [2.75, 3.05) is 7.05 Å². The van der Waals surface area contributed by atoms with Gasteiger partial charge in [0, 0.05) is 28.5 Å². The van der Waals surface area contributed by atoms with E-state index in [-0.39, 0.29) is 11.9 Å². The molecule has 2 rings (SSSR count). The number of rotatable bonds is 4. The number of nitrogens with one attached hydrogen (secondary N) is 1. The van der Waals surface area contributed by atoms with Crippen LogP contribution in [0.3, 0.4) is 0 Å². The number of halogens is 3. The molecule has 0 spiro atoms. The first-order valence-corrected chi connectivity index (χ1v) is 7.00. The Morgan fingerprint density at radius 1 is 1.42 bits per heavy atom. The maximum atomic E-state index is 14.0. The highest BCUT2D eigenvalue weighted by molar-refractivity contribution is 9.10. The first-order valence-electron chi connectivity index (χ1n) is 5.83. The van der Waals surface area contributed by atoms with Gasteiger partial charge in [0.25, 0.3) is 0 Å². The number of aromatic nitrogens is 1. The summed E-state index contributed by atoms with van der Waals surface area (Å²) in [6.07, 6.45) is 3.88. The summed E-state index contributed by atoms with van der Waals surface area (Å²) in [6, 6.07) is 6.65. The SMILES string of the molecule is CNC(Cc1ccncc1Cl)c1c(F)cccc1Br. The first kappa shape index (κ1) is 14.4. The van der Waals surface area contributed by atoms with Crippen LogP contribution in [0.15, 0.2) is 41.1 Å². The summed E-state index contributed by atoms with van der Waals surface area (Å²) in [5.74, 6) is -0.237. The van der Waals surface area contributed by atoms with Crippen LogP contribution in [0.2, 0.25) is 5.02 Å². The van der Waals surface area contributed by atoms with E-state index in [1.54, 1.807) is 25.5 Å². The van der Waals surface area contributed by atoms with Gasteiger partial charge < -0.3 is 5.32 Å². The van der Waals surface area contributed by atoms with Crippen molar-refractivity contribution in [1.82, 2.24) is 10.3 Å². The minimum Gasteiger partial charge on any atom is -0.313 e. The third-order valence-electron chi connectivity index (χ3n) is 2.98. The predicted molar refractivity (Wildman–Crippen MR) is 78.9 cm³/mol. The summed E-state index contributed by atoms with van der Waals surface area (Å²) in [5.41, 5.74) is 1.55. The summed E-state index contributed by atoms with van der Waals surface area (Å²) < 4.78 is 14.7. The number of pyridine rings is 1. The highest BCUT2D eigenvalue weighted by Crippen LogP contribution is 2.29. The van der Waals surface area contributed by atoms with Crippen molar-refractivity contribution in [2.24, 2.45) is 0 Å². The van der Waals surface area contributed by atoms with Crippen molar-refractivity contribution in [1.29, 1.82) is 0 Å². The zero-order valence-corrected chi connectivity index (χ0v) is 12.7. The zero-order chi connectivity index (χ0) is 13.8. The average molecular weight is 344 g/mol. The van der Waals surface area contributed by atoms with Gasteiger partial charge in [-0.25, -0.2) is 4.39 Å². The van der Waals surface area contributed by atoms with E-state index >= 15 is 0 Å². The topological polar surface area (TPSA) is 24.9 Å². The summed E-state index contributed by atoms with van der Waals surface area (Å²) in [6.45, 7) is 0. The second-order valence-electron chi connectivity index (χ2n) is 4.15. The van der Waals surface area contributed by atoms with E-state index in [1.807, 2.05) is 12.1 Å². The van der Waals surface area contributed by atoms with Crippen LogP contribution in [0.5, 0.6) is 0 Å². The quantitative estimate of drug-likeness (QED) is 0.902. The third-order valence-corrected chi connectivity index (χ3v) is 4.01. The highest BCUT2D eigenvalue weighted by Gasteiger charge is 2.18. The van der Waals surface area contributed by atoms with Gasteiger partial charge in [-0.05, 0) is 37.2 Å². The van der Waals surface area contributed by atoms with Gasteiger partial charge in [-0.3, -0.25) is 4.98 Å². The summed E-state index contributed by atoms with van der Waals surface area (Å²) in [7, 11) is 1.80. The Morgan fingerprint density at radius 3 is 2.84 bits per heavy atom. The molecule has 0 amide bonds. The maximum Gasteiger partial charge on any atom is 0.129 e. The molecule has 100 valence electrons. The van der Waals surface area contributed by atoms with Crippen LogP contribution in [-0.4, -0.2) is 12.0 Å². The summed E-state index contributed by atoms with van der Waals surface area (Å²) in [4.78, 5) is 3.95. The summed E-state index contributed by atoms with van der Waals surface area (Å²) >= 11 is 9.49. The maximum absolute atomic E-state index is 14.0. The van der Waals surface area contributed by atoms with Gasteiger partial charge in [0.1, 0.15) is 5.82 Å². The lowest BCUT2D eigenvalue weighted by Gasteiger charge is -2.19. The first-order chi connectivity index (χ1) is 9.13. The smallest absolute Gasteiger partial charge is 0.129 e. The Hall–Kier alpha value is -0.970. The van der Waals surface area contributed by atoms with E-state index in [1.165, 1.54) is 6.07 Å².